The van der Waals surface area contributed by atoms with Gasteiger partial charge in [0.25, 0.3) is 0 Å². The van der Waals surface area contributed by atoms with Gasteiger partial charge >= 0.3 is 0 Å². The summed E-state index contributed by atoms with van der Waals surface area (Å²) >= 11 is 0. The molecule has 0 saturated heterocycles. The van der Waals surface area contributed by atoms with Crippen LogP contribution in [-0.4, -0.2) is 0 Å². The van der Waals surface area contributed by atoms with Gasteiger partial charge in [-0.1, -0.05) is 122 Å². The molecule has 6 aromatic rings. The van der Waals surface area contributed by atoms with Crippen LogP contribution in [-0.2, 0) is 10.8 Å². The van der Waals surface area contributed by atoms with Crippen LogP contribution in [0.2, 0.25) is 0 Å². The normalized spacial score (nSPS) is 22.6. The highest BCUT2D eigenvalue weighted by atomic mass is 14.6. The van der Waals surface area contributed by atoms with E-state index in [0.29, 0.717) is 0 Å². The van der Waals surface area contributed by atoms with Crippen molar-refractivity contribution in [3.8, 4) is 33.4 Å². The smallest absolute Gasteiger partial charge is 0.00564 e. The molecule has 3 aliphatic carbocycles. The Bertz CT molecular complexity index is 1810. The summed E-state index contributed by atoms with van der Waals surface area (Å²) in [6.45, 7) is 0. The van der Waals surface area contributed by atoms with Crippen LogP contribution in [0, 0.1) is 0 Å². The van der Waals surface area contributed by atoms with Gasteiger partial charge in [0.05, 0.1) is 0 Å². The third kappa shape index (κ3) is 2.87. The molecule has 0 bridgehead atoms. The van der Waals surface area contributed by atoms with Crippen molar-refractivity contribution >= 4 is 21.5 Å². The minimum absolute atomic E-state index is 0.257. The van der Waals surface area contributed by atoms with E-state index in [-0.39, 0.29) is 10.8 Å². The Morgan fingerprint density at radius 1 is 0.375 bits per heavy atom. The van der Waals surface area contributed by atoms with Gasteiger partial charge in [0, 0.05) is 10.8 Å². The Labute approximate surface area is 236 Å². The van der Waals surface area contributed by atoms with Crippen molar-refractivity contribution in [3.63, 3.8) is 0 Å². The molecule has 0 amide bonds. The van der Waals surface area contributed by atoms with E-state index in [1.807, 2.05) is 0 Å². The summed E-state index contributed by atoms with van der Waals surface area (Å²) in [6, 6.07) is 46.1. The zero-order valence-electron chi connectivity index (χ0n) is 22.8. The maximum atomic E-state index is 2.60. The van der Waals surface area contributed by atoms with E-state index in [1.54, 1.807) is 11.1 Å². The van der Waals surface area contributed by atoms with Gasteiger partial charge in [0.1, 0.15) is 0 Å². The minimum atomic E-state index is 0.257. The van der Waals surface area contributed by atoms with Crippen molar-refractivity contribution in [3.05, 3.63) is 132 Å². The Balaban J connectivity index is 1.29. The lowest BCUT2D eigenvalue weighted by Crippen LogP contribution is -2.43. The maximum Gasteiger partial charge on any atom is 0.00564 e. The van der Waals surface area contributed by atoms with Crippen LogP contribution in [0.5, 0.6) is 0 Å². The third-order valence-electron chi connectivity index (χ3n) is 10.9. The summed E-state index contributed by atoms with van der Waals surface area (Å²) in [5, 5.41) is 5.33. The molecule has 0 aliphatic heterocycles. The van der Waals surface area contributed by atoms with Gasteiger partial charge in [-0.25, -0.2) is 0 Å². The van der Waals surface area contributed by atoms with Crippen LogP contribution in [0.25, 0.3) is 54.9 Å². The van der Waals surface area contributed by atoms with Crippen LogP contribution in [0.1, 0.15) is 49.7 Å². The SMILES string of the molecule is c1ccc2c(-c3ccc4c(c3)C35CCCC3(CCC5)c3cc(-c5cccc6ccccc56)ccc3-4)cccc2c1. The monoisotopic (exact) mass is 512 g/mol. The quantitative estimate of drug-likeness (QED) is 0.216. The van der Waals surface area contributed by atoms with Gasteiger partial charge in [0.2, 0.25) is 0 Å². The first-order valence-corrected chi connectivity index (χ1v) is 15.0. The topological polar surface area (TPSA) is 0 Å². The molecule has 0 radical (unpaired) electrons. The fourth-order valence-corrected chi connectivity index (χ4v) is 9.28. The number of hydrogen-bond acceptors (Lipinski definition) is 0. The maximum absolute atomic E-state index is 2.60. The second-order valence-corrected chi connectivity index (χ2v) is 12.4. The third-order valence-corrected chi connectivity index (χ3v) is 10.9. The second-order valence-electron chi connectivity index (χ2n) is 12.4. The van der Waals surface area contributed by atoms with Crippen molar-refractivity contribution in [2.75, 3.05) is 0 Å². The van der Waals surface area contributed by atoms with E-state index in [0.717, 1.165) is 0 Å². The highest BCUT2D eigenvalue weighted by molar-refractivity contribution is 5.99. The molecule has 9 rings (SSSR count). The first kappa shape index (κ1) is 22.6. The standard InChI is InChI=1S/C40H32/c1-3-13-31-27(9-1)11-5-15-33(31)29-17-19-35-36-20-18-30(34-16-6-12-28-10-2-4-14-32(28)34)26-38(36)40-23-7-21-39(40,22-8-24-40)37(35)25-29/h1-6,9-20,25-26H,7-8,21-24H2. The largest absolute Gasteiger partial charge is 0.0616 e. The van der Waals surface area contributed by atoms with E-state index in [9.17, 15) is 0 Å². The molecule has 3 aliphatic rings. The van der Waals surface area contributed by atoms with Crippen molar-refractivity contribution in [1.29, 1.82) is 0 Å². The predicted octanol–water partition coefficient (Wildman–Crippen LogP) is 10.9. The summed E-state index contributed by atoms with van der Waals surface area (Å²) in [6.07, 6.45) is 7.92. The molecule has 0 heteroatoms. The Morgan fingerprint density at radius 2 is 0.800 bits per heavy atom. The molecule has 2 saturated carbocycles. The summed E-state index contributed by atoms with van der Waals surface area (Å²) in [5.41, 5.74) is 12.2. The number of fused-ring (bicyclic) bond motifs is 5. The highest BCUT2D eigenvalue weighted by Crippen LogP contribution is 2.69. The van der Waals surface area contributed by atoms with Crippen molar-refractivity contribution in [2.24, 2.45) is 0 Å². The van der Waals surface area contributed by atoms with Gasteiger partial charge in [-0.05, 0) is 104 Å². The molecule has 6 aromatic carbocycles. The van der Waals surface area contributed by atoms with Crippen LogP contribution < -0.4 is 0 Å². The lowest BCUT2D eigenvalue weighted by atomic mass is 9.55. The summed E-state index contributed by atoms with van der Waals surface area (Å²) < 4.78 is 0. The minimum Gasteiger partial charge on any atom is -0.0616 e. The Kier molecular flexibility index (Phi) is 4.63. The fraction of sp³-hybridized carbons (Fsp3) is 0.200. The number of rotatable bonds is 2. The molecule has 0 aromatic heterocycles. The number of benzene rings is 6. The molecular formula is C40H32. The average Bonchev–Trinajstić information content (AvgIpc) is 3.59. The van der Waals surface area contributed by atoms with Crippen molar-refractivity contribution in [1.82, 2.24) is 0 Å². The van der Waals surface area contributed by atoms with Crippen molar-refractivity contribution in [2.45, 2.75) is 49.4 Å². The van der Waals surface area contributed by atoms with Gasteiger partial charge in [-0.15, -0.1) is 0 Å². The molecule has 0 spiro atoms. The Morgan fingerprint density at radius 3 is 1.27 bits per heavy atom. The zero-order chi connectivity index (χ0) is 26.3. The van der Waals surface area contributed by atoms with E-state index in [4.69, 9.17) is 0 Å². The summed E-state index contributed by atoms with van der Waals surface area (Å²) in [4.78, 5) is 0. The lowest BCUT2D eigenvalue weighted by molar-refractivity contribution is 0.299. The molecule has 192 valence electrons. The van der Waals surface area contributed by atoms with E-state index in [2.05, 4.69) is 121 Å². The molecule has 0 nitrogen and oxygen atoms in total. The van der Waals surface area contributed by atoms with E-state index in [1.165, 1.54) is 93.5 Å². The van der Waals surface area contributed by atoms with Gasteiger partial charge < -0.3 is 0 Å². The second kappa shape index (κ2) is 8.18. The molecule has 0 N–H and O–H groups in total. The molecule has 2 fully saturated rings. The highest BCUT2D eigenvalue weighted by Gasteiger charge is 2.62. The van der Waals surface area contributed by atoms with E-state index < -0.39 is 0 Å². The van der Waals surface area contributed by atoms with Crippen LogP contribution in [0.4, 0.5) is 0 Å². The lowest BCUT2D eigenvalue weighted by Gasteiger charge is -2.48. The van der Waals surface area contributed by atoms with Crippen LogP contribution in [0.15, 0.2) is 121 Å². The first-order valence-electron chi connectivity index (χ1n) is 15.0. The van der Waals surface area contributed by atoms with Crippen molar-refractivity contribution < 1.29 is 0 Å². The van der Waals surface area contributed by atoms with E-state index >= 15 is 0 Å². The molecule has 0 unspecified atom stereocenters. The predicted molar refractivity (Wildman–Crippen MR) is 169 cm³/mol. The van der Waals surface area contributed by atoms with Gasteiger partial charge in [-0.3, -0.25) is 0 Å². The number of hydrogen-bond donors (Lipinski definition) is 0. The fourth-order valence-electron chi connectivity index (χ4n) is 9.28. The molecular weight excluding hydrogens is 480 g/mol. The van der Waals surface area contributed by atoms with Crippen LogP contribution in [0.3, 0.4) is 0 Å². The molecule has 0 atom stereocenters. The van der Waals surface area contributed by atoms with Crippen LogP contribution >= 0.6 is 0 Å². The summed E-state index contributed by atoms with van der Waals surface area (Å²) in [7, 11) is 0. The first-order chi connectivity index (χ1) is 19.8. The zero-order valence-corrected chi connectivity index (χ0v) is 22.8. The average molecular weight is 513 g/mol. The van der Waals surface area contributed by atoms with Gasteiger partial charge in [0.15, 0.2) is 0 Å². The van der Waals surface area contributed by atoms with Gasteiger partial charge in [-0.2, -0.15) is 0 Å². The Hall–Kier alpha value is -4.16. The molecule has 0 heterocycles. The summed E-state index contributed by atoms with van der Waals surface area (Å²) in [5.74, 6) is 0. The molecule has 40 heavy (non-hydrogen) atoms.